The van der Waals surface area contributed by atoms with Gasteiger partial charge in [0, 0.05) is 11.6 Å². The van der Waals surface area contributed by atoms with Crippen LogP contribution in [0.25, 0.3) is 10.9 Å². The quantitative estimate of drug-likeness (QED) is 0.611. The minimum Gasteiger partial charge on any atom is -0.497 e. The molecule has 4 heteroatoms. The number of carbonyl (C=O) groups is 1. The Morgan fingerprint density at radius 2 is 2.16 bits per heavy atom. The number of fused-ring (bicyclic) bond motifs is 1. The number of methoxy groups -OCH3 is 1. The van der Waals surface area contributed by atoms with Crippen LogP contribution >= 0.6 is 0 Å². The lowest BCUT2D eigenvalue weighted by atomic mass is 10.1. The van der Waals surface area contributed by atoms with Crippen molar-refractivity contribution in [3.05, 3.63) is 36.0 Å². The minimum absolute atomic E-state index is 0.311. The third-order valence-electron chi connectivity index (χ3n) is 2.90. The van der Waals surface area contributed by atoms with E-state index in [1.165, 1.54) is 0 Å². The van der Waals surface area contributed by atoms with E-state index in [1.807, 2.05) is 12.1 Å². The highest BCUT2D eigenvalue weighted by atomic mass is 16.5. The van der Waals surface area contributed by atoms with Gasteiger partial charge in [0.25, 0.3) is 0 Å². The molecular formula is C15H17NO3. The molecule has 1 heterocycles. The Balaban J connectivity index is 2.33. The molecule has 2 aromatic rings. The molecule has 0 saturated carbocycles. The number of nitrogens with zero attached hydrogens (tertiary/aromatic N) is 1. The highest BCUT2D eigenvalue weighted by Crippen LogP contribution is 2.23. The predicted octanol–water partition coefficient (Wildman–Crippen LogP) is 3.20. The fourth-order valence-electron chi connectivity index (χ4n) is 1.82. The average Bonchev–Trinajstić information content (AvgIpc) is 2.46. The number of carbonyl (C=O) groups excluding carboxylic acids is 1. The van der Waals surface area contributed by atoms with Crippen LogP contribution in [0.1, 0.15) is 30.1 Å². The Morgan fingerprint density at radius 1 is 1.32 bits per heavy atom. The number of esters is 1. The number of benzene rings is 1. The highest BCUT2D eigenvalue weighted by Gasteiger charge is 2.12. The Bertz CT molecular complexity index is 581. The zero-order chi connectivity index (χ0) is 13.7. The topological polar surface area (TPSA) is 48.4 Å². The van der Waals surface area contributed by atoms with Crippen LogP contribution in [0.3, 0.4) is 0 Å². The number of hydrogen-bond acceptors (Lipinski definition) is 4. The molecule has 0 bridgehead atoms. The second-order valence-corrected chi connectivity index (χ2v) is 4.23. The van der Waals surface area contributed by atoms with Crippen molar-refractivity contribution in [2.24, 2.45) is 0 Å². The zero-order valence-corrected chi connectivity index (χ0v) is 11.2. The standard InChI is InChI=1S/C15H17NO3/c1-3-4-9-19-15(17)12-7-8-16-14-6-5-11(18-2)10-13(12)14/h5-8,10H,3-4,9H2,1-2H3. The predicted molar refractivity (Wildman–Crippen MR) is 73.5 cm³/mol. The maximum atomic E-state index is 12.0. The van der Waals surface area contributed by atoms with Crippen molar-refractivity contribution in [2.45, 2.75) is 19.8 Å². The zero-order valence-electron chi connectivity index (χ0n) is 11.2. The van der Waals surface area contributed by atoms with Crippen LogP contribution in [0.4, 0.5) is 0 Å². The molecular weight excluding hydrogens is 242 g/mol. The molecule has 0 unspecified atom stereocenters. The molecule has 4 nitrogen and oxygen atoms in total. The first kappa shape index (κ1) is 13.3. The molecule has 1 aromatic carbocycles. The van der Waals surface area contributed by atoms with Gasteiger partial charge in [-0.3, -0.25) is 4.98 Å². The van der Waals surface area contributed by atoms with Gasteiger partial charge in [-0.15, -0.1) is 0 Å². The molecule has 0 aliphatic rings. The van der Waals surface area contributed by atoms with Crippen LogP contribution in [0.15, 0.2) is 30.5 Å². The minimum atomic E-state index is -0.311. The van der Waals surface area contributed by atoms with Crippen LogP contribution in [0.5, 0.6) is 5.75 Å². The van der Waals surface area contributed by atoms with Crippen molar-refractivity contribution in [3.63, 3.8) is 0 Å². The molecule has 0 spiro atoms. The first-order chi connectivity index (χ1) is 9.26. The van der Waals surface area contributed by atoms with E-state index in [0.717, 1.165) is 23.7 Å². The lowest BCUT2D eigenvalue weighted by molar-refractivity contribution is 0.0502. The monoisotopic (exact) mass is 259 g/mol. The van der Waals surface area contributed by atoms with Crippen molar-refractivity contribution in [2.75, 3.05) is 13.7 Å². The molecule has 0 aliphatic carbocycles. The molecule has 0 saturated heterocycles. The summed E-state index contributed by atoms with van der Waals surface area (Å²) in [4.78, 5) is 16.3. The van der Waals surface area contributed by atoms with Gasteiger partial charge in [-0.2, -0.15) is 0 Å². The maximum Gasteiger partial charge on any atom is 0.338 e. The Labute approximate surface area is 112 Å². The van der Waals surface area contributed by atoms with E-state index >= 15 is 0 Å². The lowest BCUT2D eigenvalue weighted by Gasteiger charge is -2.08. The molecule has 19 heavy (non-hydrogen) atoms. The second-order valence-electron chi connectivity index (χ2n) is 4.23. The third-order valence-corrected chi connectivity index (χ3v) is 2.90. The number of ether oxygens (including phenoxy) is 2. The molecule has 0 N–H and O–H groups in total. The van der Waals surface area contributed by atoms with Gasteiger partial charge in [-0.25, -0.2) is 4.79 Å². The molecule has 0 radical (unpaired) electrons. The molecule has 0 aliphatic heterocycles. The van der Waals surface area contributed by atoms with Crippen LogP contribution in [0.2, 0.25) is 0 Å². The normalized spacial score (nSPS) is 10.4. The number of rotatable bonds is 5. The van der Waals surface area contributed by atoms with E-state index in [2.05, 4.69) is 11.9 Å². The molecule has 0 atom stereocenters. The molecule has 0 fully saturated rings. The number of hydrogen-bond donors (Lipinski definition) is 0. The van der Waals surface area contributed by atoms with Crippen LogP contribution in [-0.4, -0.2) is 24.7 Å². The van der Waals surface area contributed by atoms with Gasteiger partial charge in [0.2, 0.25) is 0 Å². The second kappa shape index (κ2) is 6.18. The summed E-state index contributed by atoms with van der Waals surface area (Å²) in [7, 11) is 1.59. The van der Waals surface area contributed by atoms with Crippen molar-refractivity contribution < 1.29 is 14.3 Å². The first-order valence-corrected chi connectivity index (χ1v) is 6.36. The molecule has 100 valence electrons. The fourth-order valence-corrected chi connectivity index (χ4v) is 1.82. The van der Waals surface area contributed by atoms with E-state index in [9.17, 15) is 4.79 Å². The smallest absolute Gasteiger partial charge is 0.338 e. The van der Waals surface area contributed by atoms with Crippen LogP contribution in [-0.2, 0) is 4.74 Å². The van der Waals surface area contributed by atoms with Crippen molar-refractivity contribution in [3.8, 4) is 5.75 Å². The number of unbranched alkanes of at least 4 members (excludes halogenated alkanes) is 1. The Kier molecular flexibility index (Phi) is 4.34. The van der Waals surface area contributed by atoms with Crippen molar-refractivity contribution in [1.82, 2.24) is 4.98 Å². The summed E-state index contributed by atoms with van der Waals surface area (Å²) in [5.74, 6) is 0.386. The summed E-state index contributed by atoms with van der Waals surface area (Å²) >= 11 is 0. The van der Waals surface area contributed by atoms with Crippen LogP contribution in [0, 0.1) is 0 Å². The average molecular weight is 259 g/mol. The van der Waals surface area contributed by atoms with Gasteiger partial charge in [-0.05, 0) is 30.7 Å². The van der Waals surface area contributed by atoms with Gasteiger partial charge < -0.3 is 9.47 Å². The maximum absolute atomic E-state index is 12.0. The molecule has 0 amide bonds. The highest BCUT2D eigenvalue weighted by molar-refractivity contribution is 6.03. The SMILES string of the molecule is CCCCOC(=O)c1ccnc2ccc(OC)cc12. The van der Waals surface area contributed by atoms with Gasteiger partial charge in [-0.1, -0.05) is 13.3 Å². The van der Waals surface area contributed by atoms with E-state index in [1.54, 1.807) is 25.4 Å². The summed E-state index contributed by atoms with van der Waals surface area (Å²) in [6.07, 6.45) is 3.49. The van der Waals surface area contributed by atoms with Crippen molar-refractivity contribution in [1.29, 1.82) is 0 Å². The summed E-state index contributed by atoms with van der Waals surface area (Å²) in [5, 5.41) is 0.753. The Morgan fingerprint density at radius 3 is 2.89 bits per heavy atom. The van der Waals surface area contributed by atoms with E-state index < -0.39 is 0 Å². The van der Waals surface area contributed by atoms with Gasteiger partial charge >= 0.3 is 5.97 Å². The van der Waals surface area contributed by atoms with Gasteiger partial charge in [0.1, 0.15) is 5.75 Å². The summed E-state index contributed by atoms with van der Waals surface area (Å²) < 4.78 is 10.4. The van der Waals surface area contributed by atoms with Crippen LogP contribution < -0.4 is 4.74 Å². The summed E-state index contributed by atoms with van der Waals surface area (Å²) in [6.45, 7) is 2.50. The van der Waals surface area contributed by atoms with E-state index in [0.29, 0.717) is 17.9 Å². The summed E-state index contributed by atoms with van der Waals surface area (Å²) in [5.41, 5.74) is 1.28. The van der Waals surface area contributed by atoms with Gasteiger partial charge in [0.05, 0.1) is 24.8 Å². The molecule has 1 aromatic heterocycles. The van der Waals surface area contributed by atoms with E-state index in [-0.39, 0.29) is 5.97 Å². The lowest BCUT2D eigenvalue weighted by Crippen LogP contribution is -2.07. The van der Waals surface area contributed by atoms with Gasteiger partial charge in [0.15, 0.2) is 0 Å². The Hall–Kier alpha value is -2.10. The molecule has 2 rings (SSSR count). The first-order valence-electron chi connectivity index (χ1n) is 6.36. The largest absolute Gasteiger partial charge is 0.497 e. The third kappa shape index (κ3) is 3.02. The number of aromatic nitrogens is 1. The van der Waals surface area contributed by atoms with E-state index in [4.69, 9.17) is 9.47 Å². The van der Waals surface area contributed by atoms with Crippen molar-refractivity contribution >= 4 is 16.9 Å². The number of pyridine rings is 1. The fraction of sp³-hybridized carbons (Fsp3) is 0.333. The summed E-state index contributed by atoms with van der Waals surface area (Å²) in [6, 6.07) is 7.13.